The molecule has 5 N–H and O–H groups in total. The first-order valence-corrected chi connectivity index (χ1v) is 5.66. The number of carboxylic acids is 2. The van der Waals surface area contributed by atoms with Crippen LogP contribution >= 0.6 is 33.1 Å². The van der Waals surface area contributed by atoms with Crippen molar-refractivity contribution in [2.24, 2.45) is 0 Å². The van der Waals surface area contributed by atoms with Crippen LogP contribution in [0.1, 0.15) is 0 Å². The van der Waals surface area contributed by atoms with Gasteiger partial charge in [0.1, 0.15) is 10.5 Å². The van der Waals surface area contributed by atoms with Crippen molar-refractivity contribution in [1.82, 2.24) is 0 Å². The minimum absolute atomic E-state index is 1.26. The molecule has 0 bridgehead atoms. The number of hydrogen-bond acceptors (Lipinski definition) is 5. The quantitative estimate of drug-likeness (QED) is 0.252. The molecule has 0 amide bonds. The summed E-state index contributed by atoms with van der Waals surface area (Å²) in [5.41, 5.74) is 0. The first kappa shape index (κ1) is 17.2. The molecule has 0 aliphatic rings. The molecule has 0 aromatic carbocycles. The number of thiol groups is 2. The van der Waals surface area contributed by atoms with Crippen LogP contribution in [0.3, 0.4) is 0 Å². The maximum absolute atomic E-state index is 10.1. The maximum atomic E-state index is 10.1. The smallest absolute Gasteiger partial charge is 0.466 e. The molecule has 0 saturated heterocycles. The van der Waals surface area contributed by atoms with E-state index in [9.17, 15) is 9.59 Å². The largest absolute Gasteiger partial charge is 0.480 e. The van der Waals surface area contributed by atoms with Crippen molar-refractivity contribution in [2.75, 3.05) is 0 Å². The van der Waals surface area contributed by atoms with Crippen molar-refractivity contribution in [3.63, 3.8) is 0 Å². The number of rotatable bonds is 3. The predicted molar refractivity (Wildman–Crippen MR) is 55.1 cm³/mol. The monoisotopic (exact) mass is 280 g/mol. The van der Waals surface area contributed by atoms with E-state index in [1.807, 2.05) is 0 Å². The molecule has 0 rings (SSSR count). The Hall–Kier alpha value is -0.250. The summed E-state index contributed by atoms with van der Waals surface area (Å²) in [4.78, 5) is 41.7. The van der Waals surface area contributed by atoms with Crippen LogP contribution in [0.25, 0.3) is 0 Å². The Balaban J connectivity index is 0. The van der Waals surface area contributed by atoms with Crippen molar-refractivity contribution in [2.45, 2.75) is 10.5 Å². The summed E-state index contributed by atoms with van der Waals surface area (Å²) in [5, 5.41) is 13.9. The molecule has 11 heteroatoms. The third kappa shape index (κ3) is 13.8. The lowest BCUT2D eigenvalue weighted by molar-refractivity contribution is -0.142. The summed E-state index contributed by atoms with van der Waals surface area (Å²) >= 11 is 7.00. The van der Waals surface area contributed by atoms with Gasteiger partial charge in [-0.15, -0.1) is 0 Å². The SMILES string of the molecule is O=C(O)C(S)C(S)C(=O)O.O=P(O)(O)O. The average Bonchev–Trinajstić information content (AvgIpc) is 1.98. The van der Waals surface area contributed by atoms with Gasteiger partial charge in [0.15, 0.2) is 0 Å². The van der Waals surface area contributed by atoms with Gasteiger partial charge in [-0.2, -0.15) is 25.3 Å². The minimum atomic E-state index is -4.64. The Kier molecular flexibility index (Phi) is 8.11. The van der Waals surface area contributed by atoms with Crippen LogP contribution in [-0.4, -0.2) is 47.3 Å². The van der Waals surface area contributed by atoms with Crippen LogP contribution in [0.2, 0.25) is 0 Å². The maximum Gasteiger partial charge on any atom is 0.466 e. The van der Waals surface area contributed by atoms with E-state index in [1.54, 1.807) is 0 Å². The molecule has 0 aliphatic heterocycles. The molecule has 0 heterocycles. The van der Waals surface area contributed by atoms with Crippen LogP contribution in [-0.2, 0) is 14.2 Å². The molecule has 0 fully saturated rings. The van der Waals surface area contributed by atoms with Crippen LogP contribution in [0.4, 0.5) is 0 Å². The summed E-state index contributed by atoms with van der Waals surface area (Å²) in [6.45, 7) is 0. The van der Waals surface area contributed by atoms with E-state index in [1.165, 1.54) is 0 Å². The third-order valence-electron chi connectivity index (χ3n) is 0.805. The van der Waals surface area contributed by atoms with Gasteiger partial charge in [0.05, 0.1) is 0 Å². The second-order valence-corrected chi connectivity index (χ2v) is 4.22. The lowest BCUT2D eigenvalue weighted by atomic mass is 10.3. The Labute approximate surface area is 95.0 Å². The Morgan fingerprint density at radius 2 is 1.07 bits per heavy atom. The van der Waals surface area contributed by atoms with E-state index < -0.39 is 30.3 Å². The zero-order valence-corrected chi connectivity index (χ0v) is 9.64. The normalized spacial score (nSPS) is 14.5. The molecule has 0 spiro atoms. The minimum Gasteiger partial charge on any atom is -0.480 e. The number of aliphatic carboxylic acids is 2. The van der Waals surface area contributed by atoms with Gasteiger partial charge in [-0.3, -0.25) is 9.59 Å². The fourth-order valence-corrected chi connectivity index (χ4v) is 0.525. The lowest BCUT2D eigenvalue weighted by Gasteiger charge is -2.07. The average molecular weight is 280 g/mol. The highest BCUT2D eigenvalue weighted by molar-refractivity contribution is 7.86. The zero-order valence-electron chi connectivity index (χ0n) is 6.96. The first-order chi connectivity index (χ1) is 6.46. The standard InChI is InChI=1S/C4H6O4S2.H3O4P/c5-3(6)1(9)2(10)4(7)8;1-5(2,3)4/h1-2,9-10H,(H,5,6)(H,7,8);(H3,1,2,3,4). The van der Waals surface area contributed by atoms with Gasteiger partial charge in [-0.1, -0.05) is 0 Å². The predicted octanol–water partition coefficient (Wildman–Crippen LogP) is -1.18. The van der Waals surface area contributed by atoms with Gasteiger partial charge in [-0.25, -0.2) is 4.57 Å². The second kappa shape index (κ2) is 7.09. The summed E-state index contributed by atoms with van der Waals surface area (Å²) in [6, 6.07) is 0. The van der Waals surface area contributed by atoms with Crippen molar-refractivity contribution in [3.05, 3.63) is 0 Å². The highest BCUT2D eigenvalue weighted by Crippen LogP contribution is 2.25. The molecule has 15 heavy (non-hydrogen) atoms. The Morgan fingerprint density at radius 3 is 1.13 bits per heavy atom. The second-order valence-electron chi connectivity index (χ2n) is 2.08. The van der Waals surface area contributed by atoms with E-state index in [4.69, 9.17) is 29.5 Å². The molecule has 2 unspecified atom stereocenters. The van der Waals surface area contributed by atoms with Crippen molar-refractivity contribution in [1.29, 1.82) is 0 Å². The topological polar surface area (TPSA) is 152 Å². The zero-order chi connectivity index (χ0) is 12.8. The molecule has 90 valence electrons. The highest BCUT2D eigenvalue weighted by atomic mass is 32.1. The molecule has 8 nitrogen and oxygen atoms in total. The highest BCUT2D eigenvalue weighted by Gasteiger charge is 2.26. The summed E-state index contributed by atoms with van der Waals surface area (Å²) in [7, 11) is -4.64. The Morgan fingerprint density at radius 1 is 0.933 bits per heavy atom. The molecular formula is C4H9O8PS2. The van der Waals surface area contributed by atoms with Gasteiger partial charge < -0.3 is 24.9 Å². The van der Waals surface area contributed by atoms with Gasteiger partial charge in [0.2, 0.25) is 0 Å². The van der Waals surface area contributed by atoms with Crippen LogP contribution < -0.4 is 0 Å². The van der Waals surface area contributed by atoms with E-state index >= 15 is 0 Å². The van der Waals surface area contributed by atoms with Gasteiger partial charge in [0.25, 0.3) is 0 Å². The number of phosphoric acid groups is 1. The fraction of sp³-hybridized carbons (Fsp3) is 0.500. The van der Waals surface area contributed by atoms with Gasteiger partial charge >= 0.3 is 19.8 Å². The first-order valence-electron chi connectivity index (χ1n) is 3.07. The van der Waals surface area contributed by atoms with E-state index in [0.29, 0.717) is 0 Å². The van der Waals surface area contributed by atoms with Crippen molar-refractivity contribution < 1.29 is 39.0 Å². The van der Waals surface area contributed by atoms with Gasteiger partial charge in [-0.05, 0) is 0 Å². The van der Waals surface area contributed by atoms with E-state index in [-0.39, 0.29) is 0 Å². The molecule has 2 atom stereocenters. The Bertz CT molecular complexity index is 248. The molecule has 0 aliphatic carbocycles. The number of carbonyl (C=O) groups is 2. The molecule has 0 radical (unpaired) electrons. The van der Waals surface area contributed by atoms with Crippen LogP contribution in [0, 0.1) is 0 Å². The van der Waals surface area contributed by atoms with Crippen molar-refractivity contribution >= 4 is 45.0 Å². The third-order valence-corrected chi connectivity index (χ3v) is 2.08. The summed E-state index contributed by atoms with van der Waals surface area (Å²) < 4.78 is 8.88. The van der Waals surface area contributed by atoms with Crippen LogP contribution in [0.15, 0.2) is 0 Å². The molecular weight excluding hydrogens is 271 g/mol. The number of carboxylic acid groups (broad SMARTS) is 2. The number of hydrogen-bond donors (Lipinski definition) is 7. The molecule has 0 aromatic rings. The summed E-state index contributed by atoms with van der Waals surface area (Å²) in [6.07, 6.45) is 0. The van der Waals surface area contributed by atoms with Crippen LogP contribution in [0.5, 0.6) is 0 Å². The van der Waals surface area contributed by atoms with Gasteiger partial charge in [0, 0.05) is 0 Å². The fourth-order valence-electron chi connectivity index (χ4n) is 0.270. The lowest BCUT2D eigenvalue weighted by Crippen LogP contribution is -2.31. The van der Waals surface area contributed by atoms with E-state index in [0.717, 1.165) is 0 Å². The molecule has 0 saturated carbocycles. The molecule has 0 aromatic heterocycles. The van der Waals surface area contributed by atoms with Crippen molar-refractivity contribution in [3.8, 4) is 0 Å². The summed E-state index contributed by atoms with van der Waals surface area (Å²) in [5.74, 6) is -2.57. The van der Waals surface area contributed by atoms with E-state index in [2.05, 4.69) is 25.3 Å².